The molecule has 5 rings (SSSR count). The maximum absolute atomic E-state index is 14.2. The minimum Gasteiger partial charge on any atom is -0.340 e. The molecule has 0 saturated carbocycles. The number of anilines is 1. The second kappa shape index (κ2) is 8.57. The van der Waals surface area contributed by atoms with Gasteiger partial charge in [-0.2, -0.15) is 4.31 Å². The molecule has 0 N–H and O–H groups in total. The smallest absolute Gasteiger partial charge is 0.246 e. The fraction of sp³-hybridized carbons (Fsp3) is 0.208. The molecular formula is C24H22F2N4O2S. The number of sulfonamides is 1. The van der Waals surface area contributed by atoms with Crippen molar-refractivity contribution < 1.29 is 17.2 Å². The molecule has 33 heavy (non-hydrogen) atoms. The van der Waals surface area contributed by atoms with E-state index in [9.17, 15) is 17.2 Å². The maximum atomic E-state index is 14.2. The summed E-state index contributed by atoms with van der Waals surface area (Å²) in [5, 5.41) is 0. The minimum atomic E-state index is -4.06. The quantitative estimate of drug-likeness (QED) is 0.446. The monoisotopic (exact) mass is 468 g/mol. The summed E-state index contributed by atoms with van der Waals surface area (Å²) < 4.78 is 56.6. The minimum absolute atomic E-state index is 0.174. The normalized spacial score (nSPS) is 15.3. The Morgan fingerprint density at radius 1 is 0.848 bits per heavy atom. The van der Waals surface area contributed by atoms with Crippen LogP contribution in [0.5, 0.6) is 0 Å². The van der Waals surface area contributed by atoms with Crippen LogP contribution in [0.1, 0.15) is 5.56 Å². The average Bonchev–Trinajstić information content (AvgIpc) is 3.18. The van der Waals surface area contributed by atoms with Gasteiger partial charge in [-0.25, -0.2) is 22.2 Å². The first-order valence-electron chi connectivity index (χ1n) is 10.6. The standard InChI is InChI=1S/C24H22F2N4O2S/c25-19-10-11-23(20(26)16-19)33(31,32)29-14-12-28(13-15-29)24-27-21-8-4-5-9-22(21)30(24)17-18-6-2-1-3-7-18/h1-11,16H,12-15,17H2. The SMILES string of the molecule is O=S(=O)(c1ccc(F)cc1F)N1CCN(c2nc3ccccc3n2Cc2ccccc2)CC1. The number of hydrogen-bond donors (Lipinski definition) is 0. The van der Waals surface area contributed by atoms with E-state index in [4.69, 9.17) is 4.98 Å². The Bertz CT molecular complexity index is 1400. The number of aromatic nitrogens is 2. The van der Waals surface area contributed by atoms with Crippen molar-refractivity contribution in [2.24, 2.45) is 0 Å². The van der Waals surface area contributed by atoms with Crippen molar-refractivity contribution in [1.29, 1.82) is 0 Å². The van der Waals surface area contributed by atoms with Gasteiger partial charge in [0.25, 0.3) is 0 Å². The van der Waals surface area contributed by atoms with Gasteiger partial charge in [-0.3, -0.25) is 0 Å². The lowest BCUT2D eigenvalue weighted by molar-refractivity contribution is 0.378. The number of nitrogens with zero attached hydrogens (tertiary/aromatic N) is 4. The van der Waals surface area contributed by atoms with Gasteiger partial charge in [0.15, 0.2) is 0 Å². The number of rotatable bonds is 5. The lowest BCUT2D eigenvalue weighted by Gasteiger charge is -2.34. The molecule has 0 atom stereocenters. The third-order valence-corrected chi connectivity index (χ3v) is 7.78. The van der Waals surface area contributed by atoms with Crippen molar-refractivity contribution >= 4 is 27.0 Å². The highest BCUT2D eigenvalue weighted by Crippen LogP contribution is 2.27. The maximum Gasteiger partial charge on any atom is 0.246 e. The molecule has 6 nitrogen and oxygen atoms in total. The Morgan fingerprint density at radius 2 is 1.55 bits per heavy atom. The van der Waals surface area contributed by atoms with Crippen LogP contribution in [0.4, 0.5) is 14.7 Å². The highest BCUT2D eigenvalue weighted by molar-refractivity contribution is 7.89. The molecule has 170 valence electrons. The molecule has 4 aromatic rings. The van der Waals surface area contributed by atoms with Gasteiger partial charge in [0.2, 0.25) is 16.0 Å². The van der Waals surface area contributed by atoms with Crippen LogP contribution in [0.3, 0.4) is 0 Å². The summed E-state index contributed by atoms with van der Waals surface area (Å²) in [5.74, 6) is -1.12. The van der Waals surface area contributed by atoms with E-state index >= 15 is 0 Å². The van der Waals surface area contributed by atoms with Gasteiger partial charge in [0, 0.05) is 32.2 Å². The van der Waals surface area contributed by atoms with E-state index in [2.05, 4.69) is 21.6 Å². The van der Waals surface area contributed by atoms with Crippen LogP contribution in [-0.4, -0.2) is 48.5 Å². The average molecular weight is 469 g/mol. The molecule has 0 amide bonds. The first-order chi connectivity index (χ1) is 15.9. The molecule has 9 heteroatoms. The molecular weight excluding hydrogens is 446 g/mol. The predicted octanol–water partition coefficient (Wildman–Crippen LogP) is 3.87. The van der Waals surface area contributed by atoms with Crippen molar-refractivity contribution in [2.45, 2.75) is 11.4 Å². The van der Waals surface area contributed by atoms with Crippen LogP contribution < -0.4 is 4.90 Å². The molecule has 0 radical (unpaired) electrons. The molecule has 0 spiro atoms. The molecule has 2 heterocycles. The van der Waals surface area contributed by atoms with Gasteiger partial charge >= 0.3 is 0 Å². The number of benzene rings is 3. The molecule has 3 aromatic carbocycles. The lowest BCUT2D eigenvalue weighted by Crippen LogP contribution is -2.49. The number of imidazole rings is 1. The lowest BCUT2D eigenvalue weighted by atomic mass is 10.2. The number of halogens is 2. The Labute approximate surface area is 190 Å². The summed E-state index contributed by atoms with van der Waals surface area (Å²) >= 11 is 0. The van der Waals surface area contributed by atoms with Crippen LogP contribution in [0, 0.1) is 11.6 Å². The van der Waals surface area contributed by atoms with Gasteiger partial charge in [0.1, 0.15) is 16.5 Å². The van der Waals surface area contributed by atoms with Gasteiger partial charge in [-0.15, -0.1) is 0 Å². The van der Waals surface area contributed by atoms with E-state index in [-0.39, 0.29) is 13.1 Å². The van der Waals surface area contributed by atoms with Crippen molar-refractivity contribution in [2.75, 3.05) is 31.1 Å². The fourth-order valence-corrected chi connectivity index (χ4v) is 5.65. The van der Waals surface area contributed by atoms with Gasteiger partial charge in [-0.05, 0) is 29.8 Å². The molecule has 1 aromatic heterocycles. The van der Waals surface area contributed by atoms with Crippen LogP contribution in [0.15, 0.2) is 77.7 Å². The summed E-state index contributed by atoms with van der Waals surface area (Å²) in [5.41, 5.74) is 3.00. The number of piperazine rings is 1. The second-order valence-corrected chi connectivity index (χ2v) is 9.84. The first kappa shape index (κ1) is 21.5. The third kappa shape index (κ3) is 4.09. The second-order valence-electron chi connectivity index (χ2n) is 7.94. The molecule has 0 unspecified atom stereocenters. The Kier molecular flexibility index (Phi) is 5.59. The van der Waals surface area contributed by atoms with Crippen molar-refractivity contribution in [1.82, 2.24) is 13.9 Å². The zero-order valence-corrected chi connectivity index (χ0v) is 18.5. The molecule has 0 aliphatic carbocycles. The summed E-state index contributed by atoms with van der Waals surface area (Å²) in [6.45, 7) is 1.79. The predicted molar refractivity (Wildman–Crippen MR) is 123 cm³/mol. The van der Waals surface area contributed by atoms with Crippen molar-refractivity contribution in [3.63, 3.8) is 0 Å². The molecule has 1 fully saturated rings. The topological polar surface area (TPSA) is 58.4 Å². The third-order valence-electron chi connectivity index (χ3n) is 5.85. The van der Waals surface area contributed by atoms with Crippen molar-refractivity contribution in [3.05, 3.63) is 90.0 Å². The first-order valence-corrected chi connectivity index (χ1v) is 12.1. The molecule has 1 aliphatic rings. The van der Waals surface area contributed by atoms with E-state index in [1.807, 2.05) is 42.5 Å². The summed E-state index contributed by atoms with van der Waals surface area (Å²) in [4.78, 5) is 6.37. The van der Waals surface area contributed by atoms with E-state index < -0.39 is 26.6 Å². The molecule has 0 bridgehead atoms. The van der Waals surface area contributed by atoms with Crippen molar-refractivity contribution in [3.8, 4) is 0 Å². The van der Waals surface area contributed by atoms with Gasteiger partial charge in [0.05, 0.1) is 17.6 Å². The van der Waals surface area contributed by atoms with Gasteiger partial charge < -0.3 is 9.47 Å². The van der Waals surface area contributed by atoms with Gasteiger partial charge in [-0.1, -0.05) is 42.5 Å². The number of fused-ring (bicyclic) bond motifs is 1. The Balaban J connectivity index is 1.41. The Hall–Kier alpha value is -3.30. The van der Waals surface area contributed by atoms with Crippen LogP contribution in [0.2, 0.25) is 0 Å². The summed E-state index contributed by atoms with van der Waals surface area (Å²) in [7, 11) is -4.06. The fourth-order valence-electron chi connectivity index (χ4n) is 4.18. The summed E-state index contributed by atoms with van der Waals surface area (Å²) in [6, 6.07) is 20.5. The number of para-hydroxylation sites is 2. The highest BCUT2D eigenvalue weighted by atomic mass is 32.2. The van der Waals surface area contributed by atoms with E-state index in [1.54, 1.807) is 0 Å². The van der Waals surface area contributed by atoms with Crippen LogP contribution in [-0.2, 0) is 16.6 Å². The molecule has 1 aliphatic heterocycles. The highest BCUT2D eigenvalue weighted by Gasteiger charge is 2.32. The zero-order chi connectivity index (χ0) is 23.0. The zero-order valence-electron chi connectivity index (χ0n) is 17.7. The van der Waals surface area contributed by atoms with E-state index in [0.29, 0.717) is 25.7 Å². The van der Waals surface area contributed by atoms with E-state index in [1.165, 1.54) is 4.31 Å². The van der Waals surface area contributed by atoms with Crippen LogP contribution >= 0.6 is 0 Å². The molecule has 1 saturated heterocycles. The largest absolute Gasteiger partial charge is 0.340 e. The Morgan fingerprint density at radius 3 is 2.27 bits per heavy atom. The van der Waals surface area contributed by atoms with Crippen LogP contribution in [0.25, 0.3) is 11.0 Å². The number of hydrogen-bond acceptors (Lipinski definition) is 4. The summed E-state index contributed by atoms with van der Waals surface area (Å²) in [6.07, 6.45) is 0. The van der Waals surface area contributed by atoms with E-state index in [0.717, 1.165) is 34.7 Å².